The van der Waals surface area contributed by atoms with Crippen LogP contribution >= 0.6 is 0 Å². The minimum atomic E-state index is -0.482. The normalized spacial score (nSPS) is 20.2. The van der Waals surface area contributed by atoms with Crippen molar-refractivity contribution in [2.45, 2.75) is 45.6 Å². The van der Waals surface area contributed by atoms with Crippen LogP contribution in [0.25, 0.3) is 0 Å². The van der Waals surface area contributed by atoms with Gasteiger partial charge in [0.2, 0.25) is 11.9 Å². The van der Waals surface area contributed by atoms with E-state index in [1.165, 1.54) is 0 Å². The van der Waals surface area contributed by atoms with Gasteiger partial charge >= 0.3 is 6.09 Å². The monoisotopic (exact) mass is 446 g/mol. The van der Waals surface area contributed by atoms with Gasteiger partial charge in [-0.15, -0.1) is 0 Å². The van der Waals surface area contributed by atoms with E-state index in [0.29, 0.717) is 32.0 Å². The molecule has 1 atom stereocenters. The molecule has 0 radical (unpaired) electrons. The highest BCUT2D eigenvalue weighted by Gasteiger charge is 2.27. The van der Waals surface area contributed by atoms with Gasteiger partial charge < -0.3 is 24.3 Å². The number of amides is 2. The number of piperidine rings is 1. The molecule has 9 heteroatoms. The molecule has 1 aromatic heterocycles. The summed E-state index contributed by atoms with van der Waals surface area (Å²) in [5, 5.41) is 0. The minimum absolute atomic E-state index is 0.214. The first-order valence-corrected chi connectivity index (χ1v) is 11.7. The molecule has 2 saturated heterocycles. The predicted molar refractivity (Wildman–Crippen MR) is 123 cm³/mol. The molecule has 0 bridgehead atoms. The number of ether oxygens (including phenoxy) is 1. The maximum absolute atomic E-state index is 12.7. The van der Waals surface area contributed by atoms with Gasteiger partial charge in [0.05, 0.1) is 0 Å². The van der Waals surface area contributed by atoms with Gasteiger partial charge in [0.15, 0.2) is 0 Å². The predicted octanol–water partition coefficient (Wildman–Crippen LogP) is 2.09. The second-order valence-corrected chi connectivity index (χ2v) is 9.84. The summed E-state index contributed by atoms with van der Waals surface area (Å²) in [6.07, 6.45) is 5.95. The van der Waals surface area contributed by atoms with E-state index in [1.54, 1.807) is 24.3 Å². The Labute approximate surface area is 191 Å². The van der Waals surface area contributed by atoms with Gasteiger partial charge in [-0.25, -0.2) is 14.8 Å². The van der Waals surface area contributed by atoms with E-state index in [-0.39, 0.29) is 12.0 Å². The molecule has 0 spiro atoms. The zero-order valence-corrected chi connectivity index (χ0v) is 20.0. The van der Waals surface area contributed by atoms with Crippen molar-refractivity contribution in [3.63, 3.8) is 0 Å². The Hall–Kier alpha value is -2.42. The zero-order valence-electron chi connectivity index (χ0n) is 20.0. The van der Waals surface area contributed by atoms with E-state index >= 15 is 0 Å². The lowest BCUT2D eigenvalue weighted by molar-refractivity contribution is -0.131. The molecule has 178 valence electrons. The van der Waals surface area contributed by atoms with E-state index < -0.39 is 5.60 Å². The summed E-state index contributed by atoms with van der Waals surface area (Å²) in [4.78, 5) is 41.7. The van der Waals surface area contributed by atoms with Crippen molar-refractivity contribution in [1.82, 2.24) is 24.7 Å². The fourth-order valence-electron chi connectivity index (χ4n) is 4.33. The fourth-order valence-corrected chi connectivity index (χ4v) is 4.33. The average Bonchev–Trinajstić information content (AvgIpc) is 2.77. The minimum Gasteiger partial charge on any atom is -0.444 e. The van der Waals surface area contributed by atoms with Gasteiger partial charge in [0.1, 0.15) is 5.60 Å². The van der Waals surface area contributed by atoms with Crippen molar-refractivity contribution in [3.8, 4) is 0 Å². The molecule has 2 aliphatic rings. The molecule has 0 aliphatic carbocycles. The lowest BCUT2D eigenvalue weighted by atomic mass is 9.97. The van der Waals surface area contributed by atoms with Crippen LogP contribution in [0.15, 0.2) is 18.5 Å². The number of aromatic nitrogens is 2. The standard InChI is InChI=1S/C23H38N6O3/c1-23(2,3)32-22(31)26(4)17-19-7-5-11-27(18-19)12-8-20(30)28-13-15-29(16-14-28)21-24-9-6-10-25-21/h6,9-10,19H,5,7-8,11-18H2,1-4H3. The average molecular weight is 447 g/mol. The van der Waals surface area contributed by atoms with Gasteiger partial charge in [-0.2, -0.15) is 0 Å². The number of piperazine rings is 1. The van der Waals surface area contributed by atoms with E-state index in [0.717, 1.165) is 51.5 Å². The van der Waals surface area contributed by atoms with Gasteiger partial charge in [-0.3, -0.25) is 4.79 Å². The van der Waals surface area contributed by atoms with Gasteiger partial charge in [-0.05, 0) is 52.1 Å². The van der Waals surface area contributed by atoms with Crippen LogP contribution in [-0.2, 0) is 9.53 Å². The summed E-state index contributed by atoms with van der Waals surface area (Å²) in [5.41, 5.74) is -0.482. The first-order valence-electron chi connectivity index (χ1n) is 11.7. The van der Waals surface area contributed by atoms with Crippen LogP contribution in [0.1, 0.15) is 40.0 Å². The first kappa shape index (κ1) is 24.2. The Bertz CT molecular complexity index is 746. The number of nitrogens with zero attached hydrogens (tertiary/aromatic N) is 6. The lowest BCUT2D eigenvalue weighted by Gasteiger charge is -2.36. The Morgan fingerprint density at radius 1 is 1.12 bits per heavy atom. The molecule has 2 aliphatic heterocycles. The molecule has 3 heterocycles. The second-order valence-electron chi connectivity index (χ2n) is 9.84. The molecule has 0 saturated carbocycles. The Morgan fingerprint density at radius 2 is 1.81 bits per heavy atom. The summed E-state index contributed by atoms with van der Waals surface area (Å²) < 4.78 is 5.46. The number of anilines is 1. The van der Waals surface area contributed by atoms with Crippen LogP contribution < -0.4 is 4.90 Å². The van der Waals surface area contributed by atoms with Crippen molar-refractivity contribution >= 4 is 17.9 Å². The molecule has 1 aromatic rings. The molecular formula is C23H38N6O3. The number of carbonyl (C=O) groups is 2. The highest BCUT2D eigenvalue weighted by atomic mass is 16.6. The largest absolute Gasteiger partial charge is 0.444 e. The second kappa shape index (κ2) is 10.9. The number of hydrogen-bond acceptors (Lipinski definition) is 7. The summed E-state index contributed by atoms with van der Waals surface area (Å²) >= 11 is 0. The number of carbonyl (C=O) groups excluding carboxylic acids is 2. The Balaban J connectivity index is 1.38. The SMILES string of the molecule is CN(CC1CCCN(CCC(=O)N2CCN(c3ncccn3)CC2)C1)C(=O)OC(C)(C)C. The molecule has 1 unspecified atom stereocenters. The fraction of sp³-hybridized carbons (Fsp3) is 0.739. The van der Waals surface area contributed by atoms with Crippen LogP contribution in [0.5, 0.6) is 0 Å². The maximum atomic E-state index is 12.7. The molecule has 3 rings (SSSR count). The molecule has 0 N–H and O–H groups in total. The Morgan fingerprint density at radius 3 is 2.47 bits per heavy atom. The van der Waals surface area contributed by atoms with Crippen LogP contribution in [0.4, 0.5) is 10.7 Å². The van der Waals surface area contributed by atoms with E-state index in [9.17, 15) is 9.59 Å². The highest BCUT2D eigenvalue weighted by molar-refractivity contribution is 5.76. The maximum Gasteiger partial charge on any atom is 0.410 e. The third kappa shape index (κ3) is 7.32. The van der Waals surface area contributed by atoms with Gasteiger partial charge in [0.25, 0.3) is 0 Å². The van der Waals surface area contributed by atoms with Crippen molar-refractivity contribution in [2.75, 3.05) is 64.3 Å². The van der Waals surface area contributed by atoms with Crippen molar-refractivity contribution in [3.05, 3.63) is 18.5 Å². The zero-order chi connectivity index (χ0) is 23.1. The number of rotatable bonds is 6. The third-order valence-electron chi connectivity index (χ3n) is 5.95. The summed E-state index contributed by atoms with van der Waals surface area (Å²) in [5.74, 6) is 1.35. The quantitative estimate of drug-likeness (QED) is 0.662. The van der Waals surface area contributed by atoms with Crippen LogP contribution in [0.2, 0.25) is 0 Å². The number of hydrogen-bond donors (Lipinski definition) is 0. The summed E-state index contributed by atoms with van der Waals surface area (Å²) in [6.45, 7) is 12.0. The molecule has 0 aromatic carbocycles. The van der Waals surface area contributed by atoms with E-state index in [4.69, 9.17) is 4.74 Å². The van der Waals surface area contributed by atoms with E-state index in [1.807, 2.05) is 31.7 Å². The van der Waals surface area contributed by atoms with Crippen LogP contribution in [-0.4, -0.2) is 102 Å². The lowest BCUT2D eigenvalue weighted by Crippen LogP contribution is -2.50. The molecular weight excluding hydrogens is 408 g/mol. The van der Waals surface area contributed by atoms with Crippen molar-refractivity contribution in [1.29, 1.82) is 0 Å². The topological polar surface area (TPSA) is 82.1 Å². The van der Waals surface area contributed by atoms with Gasteiger partial charge in [0, 0.05) is 71.7 Å². The third-order valence-corrected chi connectivity index (χ3v) is 5.95. The van der Waals surface area contributed by atoms with Crippen molar-refractivity contribution in [2.24, 2.45) is 5.92 Å². The van der Waals surface area contributed by atoms with Crippen molar-refractivity contribution < 1.29 is 14.3 Å². The molecule has 9 nitrogen and oxygen atoms in total. The van der Waals surface area contributed by atoms with Gasteiger partial charge in [-0.1, -0.05) is 0 Å². The number of likely N-dealkylation sites (tertiary alicyclic amines) is 1. The van der Waals surface area contributed by atoms with Crippen LogP contribution in [0, 0.1) is 5.92 Å². The van der Waals surface area contributed by atoms with Crippen LogP contribution in [0.3, 0.4) is 0 Å². The molecule has 2 amide bonds. The molecule has 2 fully saturated rings. The smallest absolute Gasteiger partial charge is 0.410 e. The summed E-state index contributed by atoms with van der Waals surface area (Å²) in [7, 11) is 1.80. The highest BCUT2D eigenvalue weighted by Crippen LogP contribution is 2.19. The Kier molecular flexibility index (Phi) is 8.28. The summed E-state index contributed by atoms with van der Waals surface area (Å²) in [6, 6.07) is 1.81. The molecule has 32 heavy (non-hydrogen) atoms. The van der Waals surface area contributed by atoms with E-state index in [2.05, 4.69) is 19.8 Å². The first-order chi connectivity index (χ1) is 15.2.